The number of amides is 1. The molecule has 0 aliphatic carbocycles. The zero-order valence-electron chi connectivity index (χ0n) is 12.2. The van der Waals surface area contributed by atoms with E-state index in [0.29, 0.717) is 38.4 Å². The Morgan fingerprint density at radius 2 is 2.00 bits per heavy atom. The predicted octanol–water partition coefficient (Wildman–Crippen LogP) is 1.32. The highest BCUT2D eigenvalue weighted by atomic mass is 16.4. The molecule has 5 heteroatoms. The maximum absolute atomic E-state index is 12.1. The third-order valence-corrected chi connectivity index (χ3v) is 4.44. The molecule has 1 saturated heterocycles. The fourth-order valence-electron chi connectivity index (χ4n) is 2.58. The normalized spacial score (nSPS) is 24.8. The number of carbonyl (C=O) groups is 2. The van der Waals surface area contributed by atoms with Crippen molar-refractivity contribution in [2.45, 2.75) is 40.0 Å². The predicted molar refractivity (Wildman–Crippen MR) is 73.6 cm³/mol. The molecule has 0 spiro atoms. The van der Waals surface area contributed by atoms with Gasteiger partial charge in [0.1, 0.15) is 0 Å². The highest BCUT2D eigenvalue weighted by Gasteiger charge is 2.48. The van der Waals surface area contributed by atoms with Crippen molar-refractivity contribution in [3.63, 3.8) is 0 Å². The van der Waals surface area contributed by atoms with Gasteiger partial charge in [-0.25, -0.2) is 0 Å². The summed E-state index contributed by atoms with van der Waals surface area (Å²) in [6.45, 7) is 7.33. The number of hydrogen-bond acceptors (Lipinski definition) is 3. The van der Waals surface area contributed by atoms with Gasteiger partial charge in [-0.1, -0.05) is 20.8 Å². The molecule has 5 nitrogen and oxygen atoms in total. The largest absolute Gasteiger partial charge is 0.481 e. The smallest absolute Gasteiger partial charge is 0.311 e. The minimum Gasteiger partial charge on any atom is -0.481 e. The lowest BCUT2D eigenvalue weighted by atomic mass is 9.76. The van der Waals surface area contributed by atoms with Crippen LogP contribution in [0.15, 0.2) is 0 Å². The summed E-state index contributed by atoms with van der Waals surface area (Å²) < 4.78 is 0. The molecule has 1 rings (SSSR count). The van der Waals surface area contributed by atoms with E-state index in [1.54, 1.807) is 4.90 Å². The van der Waals surface area contributed by atoms with Gasteiger partial charge in [-0.15, -0.1) is 0 Å². The molecule has 19 heavy (non-hydrogen) atoms. The van der Waals surface area contributed by atoms with Gasteiger partial charge in [0.15, 0.2) is 0 Å². The van der Waals surface area contributed by atoms with Crippen molar-refractivity contribution < 1.29 is 14.7 Å². The molecule has 2 unspecified atom stereocenters. The summed E-state index contributed by atoms with van der Waals surface area (Å²) in [6, 6.07) is 0. The van der Waals surface area contributed by atoms with Crippen LogP contribution in [0.1, 0.15) is 40.0 Å². The van der Waals surface area contributed by atoms with E-state index in [4.69, 9.17) is 5.73 Å². The number of carbonyl (C=O) groups excluding carboxylic acids is 1. The molecular weight excluding hydrogens is 244 g/mol. The van der Waals surface area contributed by atoms with Crippen LogP contribution in [0.4, 0.5) is 0 Å². The van der Waals surface area contributed by atoms with E-state index in [2.05, 4.69) is 0 Å². The van der Waals surface area contributed by atoms with E-state index in [1.807, 2.05) is 20.8 Å². The fourth-order valence-corrected chi connectivity index (χ4v) is 2.58. The summed E-state index contributed by atoms with van der Waals surface area (Å²) in [5, 5.41) is 9.44. The lowest BCUT2D eigenvalue weighted by Gasteiger charge is -2.28. The minimum atomic E-state index is -0.784. The molecule has 1 fully saturated rings. The molecule has 0 aromatic heterocycles. The number of nitrogens with two attached hydrogens (primary N) is 1. The lowest BCUT2D eigenvalue weighted by molar-refractivity contribution is -0.151. The summed E-state index contributed by atoms with van der Waals surface area (Å²) in [6.07, 6.45) is 1.79. The van der Waals surface area contributed by atoms with Gasteiger partial charge in [-0.05, 0) is 31.2 Å². The van der Waals surface area contributed by atoms with E-state index in [9.17, 15) is 14.7 Å². The Bertz CT molecular complexity index is 344. The third kappa shape index (κ3) is 3.47. The first kappa shape index (κ1) is 16.0. The summed E-state index contributed by atoms with van der Waals surface area (Å²) >= 11 is 0. The first-order valence-electron chi connectivity index (χ1n) is 7.04. The van der Waals surface area contributed by atoms with Gasteiger partial charge in [0.25, 0.3) is 0 Å². The Kier molecular flexibility index (Phi) is 5.35. The SMILES string of the molecule is CC(CN)CCC(=O)N1CCC(C(=O)O)(C(C)C)C1. The molecule has 3 N–H and O–H groups in total. The number of hydrogen-bond donors (Lipinski definition) is 2. The standard InChI is InChI=1S/C14H26N2O3/c1-10(2)14(13(18)19)6-7-16(9-14)12(17)5-4-11(3)8-15/h10-11H,4-9,15H2,1-3H3,(H,18,19). The Labute approximate surface area is 115 Å². The molecule has 0 saturated carbocycles. The second-order valence-corrected chi connectivity index (χ2v) is 6.06. The number of likely N-dealkylation sites (tertiary alicyclic amines) is 1. The number of carboxylic acid groups (broad SMARTS) is 1. The molecule has 1 heterocycles. The van der Waals surface area contributed by atoms with E-state index >= 15 is 0 Å². The Morgan fingerprint density at radius 1 is 1.37 bits per heavy atom. The van der Waals surface area contributed by atoms with Crippen molar-refractivity contribution in [2.75, 3.05) is 19.6 Å². The molecule has 110 valence electrons. The number of aliphatic carboxylic acids is 1. The van der Waals surface area contributed by atoms with Gasteiger partial charge in [0.05, 0.1) is 5.41 Å². The third-order valence-electron chi connectivity index (χ3n) is 4.44. The molecule has 0 radical (unpaired) electrons. The van der Waals surface area contributed by atoms with Crippen LogP contribution in [0, 0.1) is 17.3 Å². The summed E-state index contributed by atoms with van der Waals surface area (Å²) in [4.78, 5) is 25.3. The molecule has 1 amide bonds. The quantitative estimate of drug-likeness (QED) is 0.762. The average Bonchev–Trinajstić information content (AvgIpc) is 2.81. The van der Waals surface area contributed by atoms with Crippen LogP contribution in [0.3, 0.4) is 0 Å². The first-order chi connectivity index (χ1) is 8.83. The van der Waals surface area contributed by atoms with Gasteiger partial charge in [-0.3, -0.25) is 9.59 Å². The number of nitrogens with zero attached hydrogens (tertiary/aromatic N) is 1. The Hall–Kier alpha value is -1.10. The average molecular weight is 270 g/mol. The van der Waals surface area contributed by atoms with Crippen molar-refractivity contribution >= 4 is 11.9 Å². The second kappa shape index (κ2) is 6.37. The van der Waals surface area contributed by atoms with Gasteiger partial charge in [-0.2, -0.15) is 0 Å². The van der Waals surface area contributed by atoms with Crippen LogP contribution in [0.25, 0.3) is 0 Å². The lowest BCUT2D eigenvalue weighted by Crippen LogP contribution is -2.40. The highest BCUT2D eigenvalue weighted by molar-refractivity contribution is 5.80. The summed E-state index contributed by atoms with van der Waals surface area (Å²) in [5.74, 6) is -0.358. The number of carboxylic acids is 1. The van der Waals surface area contributed by atoms with Crippen molar-refractivity contribution in [2.24, 2.45) is 23.0 Å². The van der Waals surface area contributed by atoms with Crippen molar-refractivity contribution in [1.29, 1.82) is 0 Å². The molecule has 0 aromatic rings. The van der Waals surface area contributed by atoms with Crippen LogP contribution in [-0.4, -0.2) is 41.5 Å². The molecule has 1 aliphatic heterocycles. The fraction of sp³-hybridized carbons (Fsp3) is 0.857. The van der Waals surface area contributed by atoms with Gasteiger partial charge < -0.3 is 15.7 Å². The zero-order chi connectivity index (χ0) is 14.6. The maximum Gasteiger partial charge on any atom is 0.311 e. The van der Waals surface area contributed by atoms with Gasteiger partial charge >= 0.3 is 5.97 Å². The Balaban J connectivity index is 2.59. The van der Waals surface area contributed by atoms with Crippen LogP contribution in [-0.2, 0) is 9.59 Å². The minimum absolute atomic E-state index is 0.0331. The maximum atomic E-state index is 12.1. The molecule has 0 aromatic carbocycles. The molecule has 2 atom stereocenters. The van der Waals surface area contributed by atoms with Gasteiger partial charge in [0, 0.05) is 19.5 Å². The number of rotatable bonds is 6. The summed E-state index contributed by atoms with van der Waals surface area (Å²) in [5.41, 5.74) is 4.76. The van der Waals surface area contributed by atoms with Crippen LogP contribution < -0.4 is 5.73 Å². The van der Waals surface area contributed by atoms with Crippen LogP contribution in [0.2, 0.25) is 0 Å². The van der Waals surface area contributed by atoms with E-state index in [-0.39, 0.29) is 11.8 Å². The van der Waals surface area contributed by atoms with E-state index in [1.165, 1.54) is 0 Å². The van der Waals surface area contributed by atoms with Gasteiger partial charge in [0.2, 0.25) is 5.91 Å². The molecular formula is C14H26N2O3. The van der Waals surface area contributed by atoms with Crippen molar-refractivity contribution in [3.8, 4) is 0 Å². The molecule has 1 aliphatic rings. The first-order valence-corrected chi connectivity index (χ1v) is 7.04. The van der Waals surface area contributed by atoms with Crippen molar-refractivity contribution in [1.82, 2.24) is 4.90 Å². The summed E-state index contributed by atoms with van der Waals surface area (Å²) in [7, 11) is 0. The van der Waals surface area contributed by atoms with Crippen LogP contribution >= 0.6 is 0 Å². The topological polar surface area (TPSA) is 83.6 Å². The van der Waals surface area contributed by atoms with E-state index in [0.717, 1.165) is 6.42 Å². The second-order valence-electron chi connectivity index (χ2n) is 6.06. The Morgan fingerprint density at radius 3 is 2.42 bits per heavy atom. The van der Waals surface area contributed by atoms with Crippen molar-refractivity contribution in [3.05, 3.63) is 0 Å². The monoisotopic (exact) mass is 270 g/mol. The highest BCUT2D eigenvalue weighted by Crippen LogP contribution is 2.38. The zero-order valence-corrected chi connectivity index (χ0v) is 12.2. The van der Waals surface area contributed by atoms with E-state index < -0.39 is 11.4 Å². The molecule has 0 bridgehead atoms. The van der Waals surface area contributed by atoms with Crippen LogP contribution in [0.5, 0.6) is 0 Å².